The zero-order valence-electron chi connectivity index (χ0n) is 10.8. The minimum Gasteiger partial charge on any atom is -0.398 e. The summed E-state index contributed by atoms with van der Waals surface area (Å²) >= 11 is 7.11. The third-order valence-electron chi connectivity index (χ3n) is 2.83. The molecule has 0 unspecified atom stereocenters. The lowest BCUT2D eigenvalue weighted by Gasteiger charge is -2.09. The van der Waals surface area contributed by atoms with Crippen molar-refractivity contribution in [3.63, 3.8) is 0 Å². The first-order valence-corrected chi connectivity index (χ1v) is 7.19. The van der Waals surface area contributed by atoms with Crippen LogP contribution in [0.4, 0.5) is 10.1 Å². The molecule has 1 nitrogen and oxygen atoms in total. The van der Waals surface area contributed by atoms with E-state index >= 15 is 0 Å². The fourth-order valence-electron chi connectivity index (χ4n) is 1.68. The Morgan fingerprint density at radius 2 is 1.79 bits per heavy atom. The van der Waals surface area contributed by atoms with Crippen molar-refractivity contribution < 1.29 is 4.39 Å². The van der Waals surface area contributed by atoms with Crippen LogP contribution in [0.5, 0.6) is 0 Å². The molecule has 0 atom stereocenters. The van der Waals surface area contributed by atoms with Crippen LogP contribution in [0.25, 0.3) is 0 Å². The average Bonchev–Trinajstić information content (AvgIpc) is 2.36. The van der Waals surface area contributed by atoms with E-state index in [2.05, 4.69) is 26.0 Å². The van der Waals surface area contributed by atoms with Crippen LogP contribution in [-0.4, -0.2) is 0 Å². The van der Waals surface area contributed by atoms with E-state index in [0.717, 1.165) is 4.90 Å². The Bertz CT molecular complexity index is 581. The number of anilines is 1. The molecule has 2 aromatic rings. The molecule has 0 fully saturated rings. The van der Waals surface area contributed by atoms with Gasteiger partial charge < -0.3 is 5.73 Å². The van der Waals surface area contributed by atoms with Gasteiger partial charge in [0.15, 0.2) is 0 Å². The molecule has 0 amide bonds. The second-order valence-electron chi connectivity index (χ2n) is 4.63. The third-order valence-corrected chi connectivity index (χ3v) is 4.20. The number of hydrogen-bond donors (Lipinski definition) is 1. The quantitative estimate of drug-likeness (QED) is 0.774. The molecule has 0 spiro atoms. The van der Waals surface area contributed by atoms with Gasteiger partial charge in [0.2, 0.25) is 0 Å². The van der Waals surface area contributed by atoms with E-state index in [9.17, 15) is 4.39 Å². The Labute approximate surface area is 122 Å². The Hall–Kier alpha value is -1.19. The van der Waals surface area contributed by atoms with Crippen LogP contribution in [0.1, 0.15) is 25.3 Å². The molecule has 0 saturated carbocycles. The molecule has 2 N–H and O–H groups in total. The van der Waals surface area contributed by atoms with Gasteiger partial charge in [-0.15, -0.1) is 0 Å². The summed E-state index contributed by atoms with van der Waals surface area (Å²) in [7, 11) is 0. The van der Waals surface area contributed by atoms with Crippen LogP contribution < -0.4 is 5.73 Å². The van der Waals surface area contributed by atoms with Crippen LogP contribution in [0.3, 0.4) is 0 Å². The maximum atomic E-state index is 13.4. The molecular formula is C15H15ClFNS. The molecule has 0 aliphatic heterocycles. The highest BCUT2D eigenvalue weighted by Crippen LogP contribution is 2.35. The largest absolute Gasteiger partial charge is 0.398 e. The molecule has 0 aromatic heterocycles. The van der Waals surface area contributed by atoms with E-state index in [0.29, 0.717) is 16.5 Å². The van der Waals surface area contributed by atoms with Crippen molar-refractivity contribution in [2.24, 2.45) is 0 Å². The number of nitrogen functional groups attached to an aromatic ring is 1. The second kappa shape index (κ2) is 5.85. The molecule has 100 valence electrons. The van der Waals surface area contributed by atoms with Crippen LogP contribution in [0, 0.1) is 5.82 Å². The van der Waals surface area contributed by atoms with Gasteiger partial charge in [0.05, 0.1) is 5.02 Å². The lowest BCUT2D eigenvalue weighted by Crippen LogP contribution is -1.91. The van der Waals surface area contributed by atoms with Crippen molar-refractivity contribution in [3.05, 3.63) is 52.8 Å². The maximum absolute atomic E-state index is 13.4. The summed E-state index contributed by atoms with van der Waals surface area (Å²) in [6.45, 7) is 4.30. The number of hydrogen-bond acceptors (Lipinski definition) is 2. The highest BCUT2D eigenvalue weighted by molar-refractivity contribution is 7.99. The smallest absolute Gasteiger partial charge is 0.143 e. The molecule has 4 heteroatoms. The Morgan fingerprint density at radius 1 is 1.16 bits per heavy atom. The molecule has 0 aliphatic carbocycles. The maximum Gasteiger partial charge on any atom is 0.143 e. The Balaban J connectivity index is 2.24. The van der Waals surface area contributed by atoms with Gasteiger partial charge in [-0.25, -0.2) is 4.39 Å². The first kappa shape index (κ1) is 14.2. The van der Waals surface area contributed by atoms with E-state index in [1.807, 2.05) is 12.1 Å². The zero-order valence-corrected chi connectivity index (χ0v) is 12.4. The van der Waals surface area contributed by atoms with E-state index in [4.69, 9.17) is 17.3 Å². The molecule has 0 aliphatic rings. The molecule has 0 bridgehead atoms. The van der Waals surface area contributed by atoms with Gasteiger partial charge in [-0.05, 0) is 35.7 Å². The van der Waals surface area contributed by atoms with Crippen LogP contribution in [-0.2, 0) is 0 Å². The van der Waals surface area contributed by atoms with Crippen LogP contribution >= 0.6 is 23.4 Å². The summed E-state index contributed by atoms with van der Waals surface area (Å²) in [5.41, 5.74) is 7.61. The second-order valence-corrected chi connectivity index (χ2v) is 6.15. The van der Waals surface area contributed by atoms with E-state index in [1.54, 1.807) is 0 Å². The number of benzene rings is 2. The first-order valence-electron chi connectivity index (χ1n) is 5.99. The van der Waals surface area contributed by atoms with E-state index < -0.39 is 5.82 Å². The van der Waals surface area contributed by atoms with Gasteiger partial charge in [-0.3, -0.25) is 0 Å². The molecule has 0 radical (unpaired) electrons. The monoisotopic (exact) mass is 295 g/mol. The molecule has 0 heterocycles. The normalized spacial score (nSPS) is 11.0. The number of nitrogens with two attached hydrogens (primary N) is 1. The summed E-state index contributed by atoms with van der Waals surface area (Å²) in [5.74, 6) is 0.0502. The Kier molecular flexibility index (Phi) is 4.38. The van der Waals surface area contributed by atoms with E-state index in [1.165, 1.54) is 29.5 Å². The summed E-state index contributed by atoms with van der Waals surface area (Å²) in [6, 6.07) is 11.0. The first-order chi connectivity index (χ1) is 8.97. The van der Waals surface area contributed by atoms with Crippen molar-refractivity contribution in [2.45, 2.75) is 29.6 Å². The van der Waals surface area contributed by atoms with Gasteiger partial charge in [0.1, 0.15) is 5.82 Å². The summed E-state index contributed by atoms with van der Waals surface area (Å²) in [5, 5.41) is 0.0528. The van der Waals surface area contributed by atoms with E-state index in [-0.39, 0.29) is 5.02 Å². The van der Waals surface area contributed by atoms with Gasteiger partial charge in [0.25, 0.3) is 0 Å². The highest BCUT2D eigenvalue weighted by Gasteiger charge is 2.08. The summed E-state index contributed by atoms with van der Waals surface area (Å²) in [6.07, 6.45) is 0. The lowest BCUT2D eigenvalue weighted by molar-refractivity contribution is 0.625. The van der Waals surface area contributed by atoms with Crippen molar-refractivity contribution in [1.29, 1.82) is 0 Å². The molecule has 2 aromatic carbocycles. The minimum absolute atomic E-state index is 0.0528. The van der Waals surface area contributed by atoms with Crippen LogP contribution in [0.15, 0.2) is 46.2 Å². The van der Waals surface area contributed by atoms with Gasteiger partial charge in [-0.1, -0.05) is 49.3 Å². The predicted octanol–water partition coefficient (Wildman–Crippen LogP) is 5.34. The highest BCUT2D eigenvalue weighted by atomic mass is 35.5. The Morgan fingerprint density at radius 3 is 2.37 bits per heavy atom. The van der Waals surface area contributed by atoms with Gasteiger partial charge in [0, 0.05) is 15.5 Å². The average molecular weight is 296 g/mol. The fraction of sp³-hybridized carbons (Fsp3) is 0.200. The number of halogens is 2. The SMILES string of the molecule is CC(C)c1ccc(Sc2cc(F)c(Cl)cc2N)cc1. The molecule has 0 saturated heterocycles. The summed E-state index contributed by atoms with van der Waals surface area (Å²) in [4.78, 5) is 1.71. The topological polar surface area (TPSA) is 26.0 Å². The van der Waals surface area contributed by atoms with Crippen molar-refractivity contribution in [2.75, 3.05) is 5.73 Å². The standard InChI is InChI=1S/C15H15ClFNS/c1-9(2)10-3-5-11(6-4-10)19-15-8-13(17)12(16)7-14(15)18/h3-9H,18H2,1-2H3. The fourth-order valence-corrected chi connectivity index (χ4v) is 2.72. The minimum atomic E-state index is -0.447. The van der Waals surface area contributed by atoms with Crippen LogP contribution in [0.2, 0.25) is 5.02 Å². The molecule has 19 heavy (non-hydrogen) atoms. The van der Waals surface area contributed by atoms with Crippen molar-refractivity contribution in [3.8, 4) is 0 Å². The lowest BCUT2D eigenvalue weighted by atomic mass is 10.0. The molecular weight excluding hydrogens is 281 g/mol. The summed E-state index contributed by atoms with van der Waals surface area (Å²) < 4.78 is 13.4. The van der Waals surface area contributed by atoms with Gasteiger partial charge in [-0.2, -0.15) is 0 Å². The third kappa shape index (κ3) is 3.43. The zero-order chi connectivity index (χ0) is 14.0. The van der Waals surface area contributed by atoms with Gasteiger partial charge >= 0.3 is 0 Å². The van der Waals surface area contributed by atoms with Crippen molar-refractivity contribution >= 4 is 29.1 Å². The van der Waals surface area contributed by atoms with Crippen molar-refractivity contribution in [1.82, 2.24) is 0 Å². The number of rotatable bonds is 3. The molecule has 2 rings (SSSR count). The predicted molar refractivity (Wildman–Crippen MR) is 80.5 cm³/mol.